The first-order valence-electron chi connectivity index (χ1n) is 4.86. The Morgan fingerprint density at radius 3 is 3.06 bits per heavy atom. The van der Waals surface area contributed by atoms with Crippen molar-refractivity contribution in [3.8, 4) is 0 Å². The van der Waals surface area contributed by atoms with Gasteiger partial charge in [-0.2, -0.15) is 8.42 Å². The van der Waals surface area contributed by atoms with E-state index in [2.05, 4.69) is 11.6 Å². The lowest BCUT2D eigenvalue weighted by Crippen LogP contribution is -2.26. The van der Waals surface area contributed by atoms with Gasteiger partial charge in [-0.3, -0.25) is 0 Å². The quantitative estimate of drug-likeness (QED) is 0.742. The molecule has 1 aromatic heterocycles. The molecule has 5 nitrogen and oxygen atoms in total. The van der Waals surface area contributed by atoms with E-state index in [4.69, 9.17) is 4.18 Å². The summed E-state index contributed by atoms with van der Waals surface area (Å²) in [5.41, 5.74) is 0. The number of rotatable bonds is 3. The molecule has 1 unspecified atom stereocenters. The third kappa shape index (κ3) is 2.07. The fourth-order valence-electron chi connectivity index (χ4n) is 1.54. The van der Waals surface area contributed by atoms with Gasteiger partial charge in [0.15, 0.2) is 0 Å². The van der Waals surface area contributed by atoms with Gasteiger partial charge in [-0.1, -0.05) is 12.1 Å². The van der Waals surface area contributed by atoms with E-state index in [1.54, 1.807) is 30.5 Å². The number of anilines is 1. The number of aromatic nitrogens is 1. The van der Waals surface area contributed by atoms with Crippen molar-refractivity contribution in [3.63, 3.8) is 0 Å². The molecule has 0 saturated carbocycles. The molecule has 0 bridgehead atoms. The maximum atomic E-state index is 11.7. The predicted octanol–water partition coefficient (Wildman–Crippen LogP) is 1.11. The lowest BCUT2D eigenvalue weighted by atomic mass is 10.2. The molecule has 0 aliphatic carbocycles. The summed E-state index contributed by atoms with van der Waals surface area (Å²) in [6.45, 7) is 3.84. The van der Waals surface area contributed by atoms with E-state index in [1.165, 1.54) is 4.31 Å². The van der Waals surface area contributed by atoms with E-state index in [1.807, 2.05) is 0 Å². The summed E-state index contributed by atoms with van der Waals surface area (Å²) in [4.78, 5) is 3.99. The molecule has 1 aliphatic heterocycles. The molecule has 6 heteroatoms. The van der Waals surface area contributed by atoms with Gasteiger partial charge >= 0.3 is 10.3 Å². The average molecular weight is 240 g/mol. The van der Waals surface area contributed by atoms with Crippen LogP contribution < -0.4 is 4.31 Å². The molecule has 2 rings (SSSR count). The van der Waals surface area contributed by atoms with Crippen molar-refractivity contribution in [1.82, 2.24) is 4.98 Å². The Morgan fingerprint density at radius 2 is 2.44 bits per heavy atom. The minimum atomic E-state index is -3.69. The highest BCUT2D eigenvalue weighted by Gasteiger charge is 2.37. The molecular formula is C10H12N2O3S. The molecule has 86 valence electrons. The summed E-state index contributed by atoms with van der Waals surface area (Å²) in [6.07, 6.45) is 3.32. The smallest absolute Gasteiger partial charge is 0.248 e. The molecule has 0 amide bonds. The third-order valence-electron chi connectivity index (χ3n) is 2.23. The molecule has 16 heavy (non-hydrogen) atoms. The Morgan fingerprint density at radius 1 is 1.62 bits per heavy atom. The van der Waals surface area contributed by atoms with Crippen LogP contribution in [0, 0.1) is 0 Å². The van der Waals surface area contributed by atoms with Gasteiger partial charge in [0, 0.05) is 6.20 Å². The maximum absolute atomic E-state index is 11.7. The predicted molar refractivity (Wildman–Crippen MR) is 60.2 cm³/mol. The molecular weight excluding hydrogens is 228 g/mol. The molecule has 1 aliphatic rings. The van der Waals surface area contributed by atoms with Crippen molar-refractivity contribution >= 4 is 16.1 Å². The van der Waals surface area contributed by atoms with Crippen LogP contribution in [0.4, 0.5) is 5.82 Å². The van der Waals surface area contributed by atoms with Gasteiger partial charge < -0.3 is 0 Å². The third-order valence-corrected chi connectivity index (χ3v) is 3.62. The minimum Gasteiger partial charge on any atom is -0.248 e. The van der Waals surface area contributed by atoms with Crippen LogP contribution in [0.1, 0.15) is 6.42 Å². The first-order valence-corrected chi connectivity index (χ1v) is 6.23. The molecule has 1 saturated heterocycles. The van der Waals surface area contributed by atoms with E-state index in [0.717, 1.165) is 0 Å². The van der Waals surface area contributed by atoms with Crippen LogP contribution in [0.25, 0.3) is 0 Å². The van der Waals surface area contributed by atoms with Crippen molar-refractivity contribution in [2.45, 2.75) is 12.5 Å². The Hall–Kier alpha value is -1.40. The molecule has 0 N–H and O–H groups in total. The Bertz CT molecular complexity index is 472. The summed E-state index contributed by atoms with van der Waals surface area (Å²) < 4.78 is 29.5. The summed E-state index contributed by atoms with van der Waals surface area (Å²) in [5, 5.41) is 0. The normalized spacial score (nSPS) is 23.2. The van der Waals surface area contributed by atoms with Crippen LogP contribution in [0.3, 0.4) is 0 Å². The fourth-order valence-corrected chi connectivity index (χ4v) is 2.81. The van der Waals surface area contributed by atoms with Crippen LogP contribution in [-0.2, 0) is 14.5 Å². The summed E-state index contributed by atoms with van der Waals surface area (Å²) >= 11 is 0. The van der Waals surface area contributed by atoms with E-state index in [-0.39, 0.29) is 12.6 Å². The average Bonchev–Trinajstić information content (AvgIpc) is 2.55. The highest BCUT2D eigenvalue weighted by molar-refractivity contribution is 7.88. The largest absolute Gasteiger partial charge is 0.364 e. The van der Waals surface area contributed by atoms with E-state index in [9.17, 15) is 8.42 Å². The Labute approximate surface area is 94.6 Å². The van der Waals surface area contributed by atoms with Gasteiger partial charge in [-0.05, 0) is 18.6 Å². The summed E-state index contributed by atoms with van der Waals surface area (Å²) in [7, 11) is -3.69. The number of pyridine rings is 1. The number of hydrogen-bond acceptors (Lipinski definition) is 4. The van der Waals surface area contributed by atoms with Crippen LogP contribution in [-0.4, -0.2) is 26.1 Å². The van der Waals surface area contributed by atoms with Gasteiger partial charge in [-0.25, -0.2) is 13.5 Å². The molecule has 2 heterocycles. The molecule has 0 spiro atoms. The van der Waals surface area contributed by atoms with Crippen LogP contribution in [0.5, 0.6) is 0 Å². The van der Waals surface area contributed by atoms with Crippen molar-refractivity contribution < 1.29 is 12.6 Å². The van der Waals surface area contributed by atoms with Gasteiger partial charge in [0.1, 0.15) is 11.9 Å². The molecule has 1 fully saturated rings. The zero-order valence-electron chi connectivity index (χ0n) is 8.61. The molecule has 0 radical (unpaired) electrons. The van der Waals surface area contributed by atoms with Gasteiger partial charge in [-0.15, -0.1) is 6.58 Å². The van der Waals surface area contributed by atoms with Crippen molar-refractivity contribution in [3.05, 3.63) is 37.1 Å². The van der Waals surface area contributed by atoms with Crippen molar-refractivity contribution in [2.24, 2.45) is 0 Å². The number of hydrogen-bond donors (Lipinski definition) is 0. The standard InChI is InChI=1S/C10H12N2O3S/c1-2-5-9-8-12(16(13,14)15-9)10-6-3-4-7-11-10/h2-4,6-7,9H,1,5,8H2. The van der Waals surface area contributed by atoms with Crippen molar-refractivity contribution in [1.29, 1.82) is 0 Å². The van der Waals surface area contributed by atoms with E-state index >= 15 is 0 Å². The van der Waals surface area contributed by atoms with E-state index < -0.39 is 10.3 Å². The second kappa shape index (κ2) is 4.23. The fraction of sp³-hybridized carbons (Fsp3) is 0.300. The zero-order valence-corrected chi connectivity index (χ0v) is 9.43. The van der Waals surface area contributed by atoms with Crippen LogP contribution in [0.2, 0.25) is 0 Å². The Kier molecular flexibility index (Phi) is 2.93. The molecule has 0 aromatic carbocycles. The van der Waals surface area contributed by atoms with Gasteiger partial charge in [0.05, 0.1) is 6.54 Å². The Balaban J connectivity index is 2.26. The lowest BCUT2D eigenvalue weighted by molar-refractivity contribution is 0.252. The maximum Gasteiger partial charge on any atom is 0.364 e. The summed E-state index contributed by atoms with van der Waals surface area (Å²) in [6, 6.07) is 5.10. The monoisotopic (exact) mass is 240 g/mol. The highest BCUT2D eigenvalue weighted by Crippen LogP contribution is 2.25. The second-order valence-electron chi connectivity index (χ2n) is 3.42. The second-order valence-corrected chi connectivity index (χ2v) is 4.91. The van der Waals surface area contributed by atoms with E-state index in [0.29, 0.717) is 12.2 Å². The lowest BCUT2D eigenvalue weighted by Gasteiger charge is -2.12. The highest BCUT2D eigenvalue weighted by atomic mass is 32.2. The van der Waals surface area contributed by atoms with Crippen LogP contribution >= 0.6 is 0 Å². The zero-order chi connectivity index (χ0) is 11.6. The minimum absolute atomic E-state index is 0.283. The van der Waals surface area contributed by atoms with Crippen molar-refractivity contribution in [2.75, 3.05) is 10.8 Å². The number of nitrogens with zero attached hydrogens (tertiary/aromatic N) is 2. The SMILES string of the molecule is C=CCC1CN(c2ccccn2)S(=O)(=O)O1. The molecule has 1 aromatic rings. The van der Waals surface area contributed by atoms with Gasteiger partial charge in [0.25, 0.3) is 0 Å². The first-order chi connectivity index (χ1) is 7.63. The first kappa shape index (κ1) is 11.1. The topological polar surface area (TPSA) is 59.5 Å². The van der Waals surface area contributed by atoms with Gasteiger partial charge in [0.2, 0.25) is 0 Å². The van der Waals surface area contributed by atoms with Crippen LogP contribution in [0.15, 0.2) is 37.1 Å². The molecule has 1 atom stereocenters. The summed E-state index contributed by atoms with van der Waals surface area (Å²) in [5.74, 6) is 0.383.